The second-order valence-electron chi connectivity index (χ2n) is 6.19. The number of aromatic nitrogens is 2. The first kappa shape index (κ1) is 19.2. The minimum atomic E-state index is -3.86. The molecule has 3 heterocycles. The summed E-state index contributed by atoms with van der Waals surface area (Å²) in [6.45, 7) is 0.243. The van der Waals surface area contributed by atoms with Gasteiger partial charge in [-0.2, -0.15) is 0 Å². The van der Waals surface area contributed by atoms with Crippen molar-refractivity contribution in [2.24, 2.45) is 0 Å². The van der Waals surface area contributed by atoms with Gasteiger partial charge in [-0.15, -0.1) is 11.3 Å². The summed E-state index contributed by atoms with van der Waals surface area (Å²) in [6.07, 6.45) is 5.43. The van der Waals surface area contributed by atoms with Gasteiger partial charge in [0, 0.05) is 25.1 Å². The number of benzene rings is 1. The molecule has 4 rings (SSSR count). The molecule has 0 aliphatic rings. The molecule has 0 bridgehead atoms. The summed E-state index contributed by atoms with van der Waals surface area (Å²) in [6, 6.07) is 10.6. The highest BCUT2D eigenvalue weighted by atomic mass is 32.2. The Balaban J connectivity index is 1.46. The third-order valence-electron chi connectivity index (χ3n) is 4.22. The van der Waals surface area contributed by atoms with E-state index in [1.807, 2.05) is 6.07 Å². The first-order chi connectivity index (χ1) is 13.9. The lowest BCUT2D eigenvalue weighted by Crippen LogP contribution is -2.21. The van der Waals surface area contributed by atoms with E-state index < -0.39 is 15.7 Å². The van der Waals surface area contributed by atoms with Crippen LogP contribution in [0, 0.1) is 5.82 Å². The van der Waals surface area contributed by atoms with Crippen LogP contribution in [0.4, 0.5) is 4.39 Å². The van der Waals surface area contributed by atoms with Gasteiger partial charge in [0.25, 0.3) is 5.91 Å². The molecule has 0 aliphatic carbocycles. The van der Waals surface area contributed by atoms with Crippen LogP contribution < -0.4 is 5.32 Å². The predicted molar refractivity (Wildman–Crippen MR) is 107 cm³/mol. The Morgan fingerprint density at radius 3 is 2.52 bits per heavy atom. The van der Waals surface area contributed by atoms with Gasteiger partial charge in [-0.25, -0.2) is 12.8 Å². The zero-order chi connectivity index (χ0) is 20.4. The molecule has 0 aliphatic heterocycles. The number of halogens is 1. The number of nitrogens with zero attached hydrogens (tertiary/aromatic N) is 2. The van der Waals surface area contributed by atoms with Crippen molar-refractivity contribution < 1.29 is 17.6 Å². The highest BCUT2D eigenvalue weighted by Gasteiger charge is 2.18. The van der Waals surface area contributed by atoms with E-state index in [2.05, 4.69) is 15.3 Å². The molecule has 0 saturated carbocycles. The maximum Gasteiger partial charge on any atom is 0.261 e. The van der Waals surface area contributed by atoms with Crippen molar-refractivity contribution in [2.75, 3.05) is 0 Å². The van der Waals surface area contributed by atoms with Gasteiger partial charge >= 0.3 is 0 Å². The Labute approximate surface area is 170 Å². The van der Waals surface area contributed by atoms with Crippen molar-refractivity contribution in [1.82, 2.24) is 15.3 Å². The highest BCUT2D eigenvalue weighted by molar-refractivity contribution is 7.91. The molecule has 0 fully saturated rings. The number of carbonyl (C=O) groups excluding carboxylic acids is 1. The number of rotatable bonds is 5. The van der Waals surface area contributed by atoms with Gasteiger partial charge < -0.3 is 5.32 Å². The van der Waals surface area contributed by atoms with Gasteiger partial charge in [0.2, 0.25) is 9.84 Å². The monoisotopic (exact) mass is 427 g/mol. The fraction of sp³-hybridized carbons (Fsp3) is 0.0500. The fourth-order valence-corrected chi connectivity index (χ4v) is 4.91. The number of carbonyl (C=O) groups is 1. The summed E-state index contributed by atoms with van der Waals surface area (Å²) >= 11 is 1.35. The maximum atomic E-state index is 13.3. The van der Waals surface area contributed by atoms with E-state index in [-0.39, 0.29) is 22.2 Å². The lowest BCUT2D eigenvalue weighted by Gasteiger charge is -2.07. The average molecular weight is 427 g/mol. The van der Waals surface area contributed by atoms with Gasteiger partial charge in [-0.05, 0) is 41.3 Å². The molecule has 1 aromatic carbocycles. The highest BCUT2D eigenvalue weighted by Crippen LogP contribution is 2.24. The number of pyridine rings is 2. The number of hydrogen-bond donors (Lipinski definition) is 1. The molecule has 29 heavy (non-hydrogen) atoms. The molecule has 0 spiro atoms. The first-order valence-corrected chi connectivity index (χ1v) is 10.8. The van der Waals surface area contributed by atoms with Gasteiger partial charge in [0.05, 0.1) is 25.6 Å². The average Bonchev–Trinajstić information content (AvgIpc) is 3.17. The number of sulfone groups is 1. The zero-order valence-electron chi connectivity index (χ0n) is 14.9. The molecule has 6 nitrogen and oxygen atoms in total. The summed E-state index contributed by atoms with van der Waals surface area (Å²) in [4.78, 5) is 20.4. The van der Waals surface area contributed by atoms with Crippen LogP contribution in [0.15, 0.2) is 77.0 Å². The molecule has 146 valence electrons. The van der Waals surface area contributed by atoms with Crippen LogP contribution in [0.3, 0.4) is 0 Å². The van der Waals surface area contributed by atoms with Crippen molar-refractivity contribution in [2.45, 2.75) is 16.3 Å². The molecule has 0 unspecified atom stereocenters. The summed E-state index contributed by atoms with van der Waals surface area (Å²) in [5.74, 6) is -0.934. The summed E-state index contributed by atoms with van der Waals surface area (Å²) < 4.78 is 39.3. The van der Waals surface area contributed by atoms with Crippen LogP contribution >= 0.6 is 11.3 Å². The van der Waals surface area contributed by atoms with Crippen molar-refractivity contribution in [1.29, 1.82) is 0 Å². The van der Waals surface area contributed by atoms with Gasteiger partial charge in [-0.1, -0.05) is 12.1 Å². The third-order valence-corrected chi connectivity index (χ3v) is 7.04. The molecule has 1 amide bonds. The topological polar surface area (TPSA) is 89.0 Å². The second kappa shape index (κ2) is 7.69. The predicted octanol–water partition coefficient (Wildman–Crippen LogP) is 3.59. The van der Waals surface area contributed by atoms with Crippen LogP contribution in [-0.4, -0.2) is 24.3 Å². The van der Waals surface area contributed by atoms with Crippen LogP contribution in [0.2, 0.25) is 0 Å². The molecule has 0 atom stereocenters. The van der Waals surface area contributed by atoms with Crippen molar-refractivity contribution in [3.63, 3.8) is 0 Å². The van der Waals surface area contributed by atoms with Gasteiger partial charge in [-0.3, -0.25) is 14.8 Å². The number of nitrogens with one attached hydrogen (secondary N) is 1. The number of fused-ring (bicyclic) bond motifs is 1. The molecule has 0 radical (unpaired) electrons. The lowest BCUT2D eigenvalue weighted by molar-refractivity contribution is 0.0955. The van der Waals surface area contributed by atoms with Crippen molar-refractivity contribution >= 4 is 37.2 Å². The van der Waals surface area contributed by atoms with E-state index in [9.17, 15) is 17.6 Å². The minimum absolute atomic E-state index is 0.0250. The number of amides is 1. The molecule has 4 aromatic rings. The summed E-state index contributed by atoms with van der Waals surface area (Å²) in [5, 5.41) is 3.77. The second-order valence-corrected chi connectivity index (χ2v) is 9.23. The van der Waals surface area contributed by atoms with E-state index >= 15 is 0 Å². The zero-order valence-corrected chi connectivity index (χ0v) is 16.5. The van der Waals surface area contributed by atoms with E-state index in [0.29, 0.717) is 4.88 Å². The molecular formula is C20H14FN3O3S2. The molecule has 1 N–H and O–H groups in total. The van der Waals surface area contributed by atoms with Crippen LogP contribution in [0.5, 0.6) is 0 Å². The van der Waals surface area contributed by atoms with E-state index in [1.54, 1.807) is 30.6 Å². The third kappa shape index (κ3) is 4.01. The largest absolute Gasteiger partial charge is 0.347 e. The van der Waals surface area contributed by atoms with Crippen molar-refractivity contribution in [3.8, 4) is 0 Å². The Morgan fingerprint density at radius 1 is 1.00 bits per heavy atom. The van der Waals surface area contributed by atoms with Crippen LogP contribution in [0.1, 0.15) is 15.2 Å². The summed E-state index contributed by atoms with van der Waals surface area (Å²) in [7, 11) is -3.86. The Bertz CT molecular complexity index is 1270. The Kier molecular flexibility index (Phi) is 5.08. The smallest absolute Gasteiger partial charge is 0.261 e. The van der Waals surface area contributed by atoms with Gasteiger partial charge in [0.1, 0.15) is 5.82 Å². The Morgan fingerprint density at radius 2 is 1.79 bits per heavy atom. The van der Waals surface area contributed by atoms with E-state index in [0.717, 1.165) is 34.1 Å². The maximum absolute atomic E-state index is 13.3. The molecule has 3 aromatic heterocycles. The number of thiophene rings is 1. The quantitative estimate of drug-likeness (QED) is 0.526. The summed E-state index contributed by atoms with van der Waals surface area (Å²) in [5.41, 5.74) is 0.734. The molecule has 9 heteroatoms. The Hall–Kier alpha value is -3.17. The minimum Gasteiger partial charge on any atom is -0.347 e. The number of hydrogen-bond acceptors (Lipinski definition) is 6. The SMILES string of the molecule is O=C(NCc1ccc(S(=O)(=O)c2cncc(F)c2)cc1)c1cc2ccncc2s1. The fourth-order valence-electron chi connectivity index (χ4n) is 2.73. The van der Waals surface area contributed by atoms with E-state index in [4.69, 9.17) is 0 Å². The molecule has 0 saturated heterocycles. The van der Waals surface area contributed by atoms with Gasteiger partial charge in [0.15, 0.2) is 0 Å². The normalized spacial score (nSPS) is 11.5. The van der Waals surface area contributed by atoms with Crippen LogP contribution in [0.25, 0.3) is 10.1 Å². The first-order valence-electron chi connectivity index (χ1n) is 8.50. The van der Waals surface area contributed by atoms with Crippen LogP contribution in [-0.2, 0) is 16.4 Å². The lowest BCUT2D eigenvalue weighted by atomic mass is 10.2. The van der Waals surface area contributed by atoms with Crippen molar-refractivity contribution in [3.05, 3.63) is 83.5 Å². The molecular weight excluding hydrogens is 413 g/mol. The van der Waals surface area contributed by atoms with E-state index in [1.165, 1.54) is 23.5 Å². The standard InChI is InChI=1S/C20H14FN3O3S2/c21-15-8-17(11-23-10-15)29(26,27)16-3-1-13(2-4-16)9-24-20(25)18-7-14-5-6-22-12-19(14)28-18/h1-8,10-12H,9H2,(H,24,25).